The lowest BCUT2D eigenvalue weighted by Crippen LogP contribution is -2.38. The van der Waals surface area contributed by atoms with Crippen LogP contribution in [0.1, 0.15) is 24.8 Å². The summed E-state index contributed by atoms with van der Waals surface area (Å²) in [6, 6.07) is 7.74. The average Bonchev–Trinajstić information content (AvgIpc) is 3.21. The number of carbonyl (C=O) groups is 2. The van der Waals surface area contributed by atoms with E-state index in [4.69, 9.17) is 6.57 Å². The minimum Gasteiger partial charge on any atom is -0.339 e. The topological polar surface area (TPSA) is 82.4 Å². The molecule has 5 rings (SSSR count). The molecule has 0 atom stereocenters. The molecule has 2 fully saturated rings. The number of aromatic amines is 1. The lowest BCUT2D eigenvalue weighted by Gasteiger charge is -2.15. The number of amides is 2. The van der Waals surface area contributed by atoms with Crippen molar-refractivity contribution in [2.45, 2.75) is 25.4 Å². The molecule has 0 radical (unpaired) electrons. The fourth-order valence-corrected chi connectivity index (χ4v) is 4.30. The van der Waals surface area contributed by atoms with Crippen LogP contribution in [0, 0.1) is 12.0 Å². The first-order valence-electron chi connectivity index (χ1n) is 10.4. The smallest absolute Gasteiger partial charge is 0.339 e. The van der Waals surface area contributed by atoms with E-state index < -0.39 is 23.6 Å². The zero-order chi connectivity index (χ0) is 23.4. The molecule has 1 aliphatic heterocycles. The third-order valence-corrected chi connectivity index (χ3v) is 6.33. The van der Waals surface area contributed by atoms with E-state index in [0.29, 0.717) is 18.5 Å². The molecule has 7 nitrogen and oxygen atoms in total. The molecule has 3 aromatic rings. The number of benzene rings is 1. The summed E-state index contributed by atoms with van der Waals surface area (Å²) in [5.74, 6) is -1.30. The van der Waals surface area contributed by atoms with Crippen molar-refractivity contribution in [1.29, 1.82) is 0 Å². The summed E-state index contributed by atoms with van der Waals surface area (Å²) >= 11 is 0. The van der Waals surface area contributed by atoms with Gasteiger partial charge in [0.25, 0.3) is 0 Å². The number of rotatable bonds is 2. The fourth-order valence-electron chi connectivity index (χ4n) is 4.30. The van der Waals surface area contributed by atoms with Crippen molar-refractivity contribution in [3.63, 3.8) is 0 Å². The van der Waals surface area contributed by atoms with E-state index in [1.54, 1.807) is 11.0 Å². The number of hydrogen-bond donors (Lipinski definition) is 2. The van der Waals surface area contributed by atoms with Crippen LogP contribution in [0.5, 0.6) is 0 Å². The molecular weight excluding hydrogens is 435 g/mol. The molecule has 2 amide bonds. The lowest BCUT2D eigenvalue weighted by atomic mass is 10.0. The van der Waals surface area contributed by atoms with Gasteiger partial charge in [0, 0.05) is 24.2 Å². The van der Waals surface area contributed by atoms with Gasteiger partial charge in [-0.3, -0.25) is 9.59 Å². The van der Waals surface area contributed by atoms with Crippen molar-refractivity contribution in [3.8, 4) is 11.3 Å². The highest BCUT2D eigenvalue weighted by atomic mass is 19.4. The van der Waals surface area contributed by atoms with Crippen LogP contribution in [0.4, 0.5) is 24.7 Å². The molecule has 0 unspecified atom stereocenters. The molecule has 0 bridgehead atoms. The number of nitrogens with one attached hydrogen (secondary N) is 2. The van der Waals surface area contributed by atoms with E-state index in [1.807, 2.05) is 0 Å². The second-order valence-electron chi connectivity index (χ2n) is 8.59. The third-order valence-electron chi connectivity index (χ3n) is 6.33. The number of nitrogens with zero attached hydrogens (tertiary/aromatic N) is 3. The van der Waals surface area contributed by atoms with Gasteiger partial charge < -0.3 is 15.2 Å². The SMILES string of the molecule is [C-]#[N+]c1ccc(C(F)(F)F)c(-c2cc3ccc(NC(=O)C(=O)N4CCC5(CC5)C4)nc3[nH]2)c1. The number of halogens is 3. The van der Waals surface area contributed by atoms with Gasteiger partial charge in [-0.1, -0.05) is 12.1 Å². The highest BCUT2D eigenvalue weighted by Crippen LogP contribution is 2.52. The van der Waals surface area contributed by atoms with Gasteiger partial charge in [0.1, 0.15) is 11.5 Å². The molecule has 1 aliphatic carbocycles. The summed E-state index contributed by atoms with van der Waals surface area (Å²) in [7, 11) is 0. The Labute approximate surface area is 186 Å². The van der Waals surface area contributed by atoms with E-state index in [2.05, 4.69) is 20.1 Å². The zero-order valence-corrected chi connectivity index (χ0v) is 17.3. The normalized spacial score (nSPS) is 16.7. The molecule has 10 heteroatoms. The van der Waals surface area contributed by atoms with Gasteiger partial charge in [-0.05, 0) is 54.5 Å². The first-order valence-corrected chi connectivity index (χ1v) is 10.4. The third kappa shape index (κ3) is 3.91. The van der Waals surface area contributed by atoms with Gasteiger partial charge >= 0.3 is 18.0 Å². The van der Waals surface area contributed by atoms with Crippen molar-refractivity contribution in [3.05, 3.63) is 53.4 Å². The van der Waals surface area contributed by atoms with Crippen molar-refractivity contribution in [2.75, 3.05) is 18.4 Å². The Morgan fingerprint density at radius 1 is 1.15 bits per heavy atom. The van der Waals surface area contributed by atoms with Gasteiger partial charge in [0.2, 0.25) is 0 Å². The fraction of sp³-hybridized carbons (Fsp3) is 0.304. The maximum atomic E-state index is 13.5. The number of anilines is 1. The number of hydrogen-bond acceptors (Lipinski definition) is 3. The predicted octanol–water partition coefficient (Wildman–Crippen LogP) is 4.75. The largest absolute Gasteiger partial charge is 0.416 e. The number of fused-ring (bicyclic) bond motifs is 1. The molecule has 1 saturated heterocycles. The van der Waals surface area contributed by atoms with Gasteiger partial charge in [0.05, 0.1) is 12.1 Å². The van der Waals surface area contributed by atoms with Crippen molar-refractivity contribution < 1.29 is 22.8 Å². The van der Waals surface area contributed by atoms with Gasteiger partial charge in [-0.2, -0.15) is 13.2 Å². The summed E-state index contributed by atoms with van der Waals surface area (Å²) < 4.78 is 40.5. The van der Waals surface area contributed by atoms with Crippen molar-refractivity contribution in [2.24, 2.45) is 5.41 Å². The summed E-state index contributed by atoms with van der Waals surface area (Å²) in [6.07, 6.45) is -1.52. The second kappa shape index (κ2) is 7.33. The van der Waals surface area contributed by atoms with Crippen LogP contribution < -0.4 is 5.32 Å². The first kappa shape index (κ1) is 21.0. The number of aromatic nitrogens is 2. The molecule has 2 aliphatic rings. The van der Waals surface area contributed by atoms with Crippen LogP contribution in [0.15, 0.2) is 36.4 Å². The van der Waals surface area contributed by atoms with Crippen LogP contribution in [-0.4, -0.2) is 39.8 Å². The number of pyridine rings is 1. The van der Waals surface area contributed by atoms with Crippen LogP contribution in [0.3, 0.4) is 0 Å². The van der Waals surface area contributed by atoms with Gasteiger partial charge in [0.15, 0.2) is 5.69 Å². The molecule has 1 aromatic carbocycles. The summed E-state index contributed by atoms with van der Waals surface area (Å²) in [6.45, 7) is 8.26. The maximum Gasteiger partial charge on any atom is 0.416 e. The Hall–Kier alpha value is -3.87. The number of likely N-dealkylation sites (tertiary alicyclic amines) is 1. The summed E-state index contributed by atoms with van der Waals surface area (Å²) in [4.78, 5) is 36.7. The lowest BCUT2D eigenvalue weighted by molar-refractivity contribution is -0.142. The molecule has 33 heavy (non-hydrogen) atoms. The van der Waals surface area contributed by atoms with E-state index >= 15 is 0 Å². The van der Waals surface area contributed by atoms with Crippen molar-refractivity contribution >= 4 is 34.4 Å². The van der Waals surface area contributed by atoms with Crippen LogP contribution >= 0.6 is 0 Å². The van der Waals surface area contributed by atoms with E-state index in [0.717, 1.165) is 31.4 Å². The zero-order valence-electron chi connectivity index (χ0n) is 17.3. The second-order valence-corrected chi connectivity index (χ2v) is 8.59. The average molecular weight is 453 g/mol. The minimum atomic E-state index is -4.60. The molecule has 1 saturated carbocycles. The quantitative estimate of drug-likeness (QED) is 0.434. The Balaban J connectivity index is 1.40. The molecule has 2 N–H and O–H groups in total. The summed E-state index contributed by atoms with van der Waals surface area (Å²) in [5, 5.41) is 3.00. The van der Waals surface area contributed by atoms with Crippen molar-refractivity contribution in [1.82, 2.24) is 14.9 Å². The number of alkyl halides is 3. The highest BCUT2D eigenvalue weighted by molar-refractivity contribution is 6.39. The standard InChI is InChI=1S/C23H18F3N5O2/c1-27-14-3-4-16(23(24,25)26)15(11-14)17-10-13-2-5-18(29-19(13)28-17)30-20(32)21(33)31-9-8-22(12-31)6-7-22/h2-5,10-11H,6-9,12H2,(H2,28,29,30,32). The van der Waals surface area contributed by atoms with Gasteiger partial charge in [-0.15, -0.1) is 0 Å². The Morgan fingerprint density at radius 3 is 2.61 bits per heavy atom. The Bertz CT molecular complexity index is 1330. The monoisotopic (exact) mass is 453 g/mol. The molecule has 168 valence electrons. The predicted molar refractivity (Wildman–Crippen MR) is 114 cm³/mol. The molecule has 1 spiro atoms. The highest BCUT2D eigenvalue weighted by Gasteiger charge is 2.49. The number of H-pyrrole nitrogens is 1. The van der Waals surface area contributed by atoms with E-state index in [-0.39, 0.29) is 33.8 Å². The molecule has 2 aromatic heterocycles. The molecule has 3 heterocycles. The first-order chi connectivity index (χ1) is 15.7. The van der Waals surface area contributed by atoms with Gasteiger partial charge in [-0.25, -0.2) is 9.83 Å². The molecular formula is C23H18F3N5O2. The van der Waals surface area contributed by atoms with Crippen LogP contribution in [0.25, 0.3) is 27.1 Å². The minimum absolute atomic E-state index is 0.0750. The van der Waals surface area contributed by atoms with Crippen LogP contribution in [-0.2, 0) is 15.8 Å². The summed E-state index contributed by atoms with van der Waals surface area (Å²) in [5.41, 5.74) is -0.382. The number of carbonyl (C=O) groups excluding carboxylic acids is 2. The van der Waals surface area contributed by atoms with E-state index in [1.165, 1.54) is 18.2 Å². The Kier molecular flexibility index (Phi) is 4.67. The van der Waals surface area contributed by atoms with E-state index in [9.17, 15) is 22.8 Å². The Morgan fingerprint density at radius 2 is 1.94 bits per heavy atom. The maximum absolute atomic E-state index is 13.5. The van der Waals surface area contributed by atoms with Crippen LogP contribution in [0.2, 0.25) is 0 Å².